The number of Topliss-reactive ketones (excluding diaryl/α,β-unsaturated/α-hetero) is 1. The van der Waals surface area contributed by atoms with Gasteiger partial charge in [0.25, 0.3) is 17.6 Å². The molecule has 1 saturated heterocycles. The number of unbranched alkanes of at least 4 members (excludes halogenated alkanes) is 1. The highest BCUT2D eigenvalue weighted by Crippen LogP contribution is 2.53. The van der Waals surface area contributed by atoms with Crippen LogP contribution in [-0.4, -0.2) is 61.0 Å². The number of ether oxygens (including phenoxy) is 2. The lowest BCUT2D eigenvalue weighted by atomic mass is 9.81. The lowest BCUT2D eigenvalue weighted by Crippen LogP contribution is -2.52. The van der Waals surface area contributed by atoms with Crippen molar-refractivity contribution in [1.29, 1.82) is 0 Å². The molecule has 0 unspecified atom stereocenters. The molecule has 1 atom stereocenters. The number of rotatable bonds is 11. The number of carbonyl (C=O) groups excluding carboxylic acids is 3. The van der Waals surface area contributed by atoms with Crippen LogP contribution in [-0.2, 0) is 24.7 Å². The van der Waals surface area contributed by atoms with Crippen LogP contribution in [0.2, 0.25) is 0 Å². The van der Waals surface area contributed by atoms with Gasteiger partial charge in [0.05, 0.1) is 11.3 Å². The van der Waals surface area contributed by atoms with Gasteiger partial charge in [0.1, 0.15) is 18.1 Å². The van der Waals surface area contributed by atoms with Crippen molar-refractivity contribution in [2.75, 3.05) is 38.3 Å². The largest absolute Gasteiger partial charge is 0.507 e. The first-order valence-electron chi connectivity index (χ1n) is 12.9. The van der Waals surface area contributed by atoms with Gasteiger partial charge in [0, 0.05) is 37.9 Å². The van der Waals surface area contributed by atoms with E-state index in [2.05, 4.69) is 6.58 Å². The second kappa shape index (κ2) is 11.2. The fourth-order valence-corrected chi connectivity index (χ4v) is 5.32. The van der Waals surface area contributed by atoms with Crippen LogP contribution in [0.15, 0.2) is 60.7 Å². The number of benzene rings is 2. The third-order valence-corrected chi connectivity index (χ3v) is 7.08. The monoisotopic (exact) mass is 518 g/mol. The summed E-state index contributed by atoms with van der Waals surface area (Å²) in [5, 5.41) is 11.6. The molecule has 1 fully saturated rings. The molecule has 0 aromatic heterocycles. The van der Waals surface area contributed by atoms with Gasteiger partial charge in [0.15, 0.2) is 5.54 Å². The lowest BCUT2D eigenvalue weighted by molar-refractivity contribution is -0.143. The predicted molar refractivity (Wildman–Crippen MR) is 145 cm³/mol. The minimum Gasteiger partial charge on any atom is -0.507 e. The number of para-hydroxylation sites is 1. The lowest BCUT2D eigenvalue weighted by Gasteiger charge is -2.34. The maximum Gasteiger partial charge on any atom is 0.296 e. The molecule has 2 heterocycles. The number of amides is 2. The number of aryl methyl sites for hydroxylation is 1. The topological polar surface area (TPSA) is 96.4 Å². The third kappa shape index (κ3) is 4.28. The summed E-state index contributed by atoms with van der Waals surface area (Å²) in [6.07, 6.45) is 3.66. The number of fused-ring (bicyclic) bond motifs is 2. The normalized spacial score (nSPS) is 19.9. The van der Waals surface area contributed by atoms with Crippen LogP contribution in [0.5, 0.6) is 5.75 Å². The van der Waals surface area contributed by atoms with E-state index in [1.165, 1.54) is 4.90 Å². The molecule has 0 aliphatic carbocycles. The first-order chi connectivity index (χ1) is 18.3. The van der Waals surface area contributed by atoms with E-state index in [0.29, 0.717) is 48.7 Å². The van der Waals surface area contributed by atoms with E-state index in [9.17, 15) is 19.5 Å². The van der Waals surface area contributed by atoms with E-state index in [4.69, 9.17) is 9.47 Å². The summed E-state index contributed by atoms with van der Waals surface area (Å²) < 4.78 is 10.8. The average molecular weight is 519 g/mol. The highest BCUT2D eigenvalue weighted by atomic mass is 16.5. The Morgan fingerprint density at radius 2 is 1.87 bits per heavy atom. The number of methoxy groups -OCH3 is 1. The maximum atomic E-state index is 14.4. The molecule has 38 heavy (non-hydrogen) atoms. The molecule has 1 N–H and O–H groups in total. The van der Waals surface area contributed by atoms with Crippen molar-refractivity contribution < 1.29 is 29.0 Å². The molecule has 200 valence electrons. The Kier molecular flexibility index (Phi) is 8.02. The minimum atomic E-state index is -1.76. The van der Waals surface area contributed by atoms with Crippen molar-refractivity contribution in [1.82, 2.24) is 4.90 Å². The molecule has 2 aliphatic rings. The molecule has 2 aromatic carbocycles. The molecule has 0 bridgehead atoms. The molecule has 8 heteroatoms. The Bertz CT molecular complexity index is 1300. The van der Waals surface area contributed by atoms with Crippen LogP contribution in [0.1, 0.15) is 42.9 Å². The smallest absolute Gasteiger partial charge is 0.296 e. The number of likely N-dealkylation sites (tertiary alicyclic amines) is 1. The van der Waals surface area contributed by atoms with Gasteiger partial charge >= 0.3 is 0 Å². The maximum absolute atomic E-state index is 14.4. The Labute approximate surface area is 223 Å². The van der Waals surface area contributed by atoms with Gasteiger partial charge in [0.2, 0.25) is 0 Å². The zero-order valence-electron chi connectivity index (χ0n) is 22.2. The average Bonchev–Trinajstić information content (AvgIpc) is 3.29. The third-order valence-electron chi connectivity index (χ3n) is 7.08. The van der Waals surface area contributed by atoms with Crippen molar-refractivity contribution in [3.8, 4) is 5.75 Å². The van der Waals surface area contributed by atoms with E-state index >= 15 is 0 Å². The van der Waals surface area contributed by atoms with Crippen LogP contribution >= 0.6 is 0 Å². The summed E-state index contributed by atoms with van der Waals surface area (Å²) in [6.45, 7) is 8.72. The van der Waals surface area contributed by atoms with Gasteiger partial charge in [-0.1, -0.05) is 44.2 Å². The van der Waals surface area contributed by atoms with Crippen molar-refractivity contribution in [3.63, 3.8) is 0 Å². The SMILES string of the molecule is C=CCOc1ccc(C(O)=C2C(=O)C(=O)N(CCCOC)[C@]23C(=O)N(CCCC)c2ccccc23)cc1C. The number of aliphatic hydroxyl groups excluding tert-OH is 1. The fourth-order valence-electron chi connectivity index (χ4n) is 5.32. The van der Waals surface area contributed by atoms with E-state index in [1.807, 2.05) is 26.0 Å². The summed E-state index contributed by atoms with van der Waals surface area (Å²) in [5.41, 5.74) is 0.224. The predicted octanol–water partition coefficient (Wildman–Crippen LogP) is 4.32. The van der Waals surface area contributed by atoms with E-state index in [1.54, 1.807) is 48.4 Å². The number of hydrogen-bond acceptors (Lipinski definition) is 6. The Balaban J connectivity index is 1.95. The van der Waals surface area contributed by atoms with Crippen molar-refractivity contribution in [3.05, 3.63) is 77.4 Å². The van der Waals surface area contributed by atoms with E-state index in [0.717, 1.165) is 18.4 Å². The zero-order valence-corrected chi connectivity index (χ0v) is 22.2. The van der Waals surface area contributed by atoms with Crippen LogP contribution in [0.25, 0.3) is 5.76 Å². The number of nitrogens with zero attached hydrogens (tertiary/aromatic N) is 2. The van der Waals surface area contributed by atoms with Gasteiger partial charge in [-0.05, 0) is 49.6 Å². The highest BCUT2D eigenvalue weighted by Gasteiger charge is 2.66. The molecule has 2 aliphatic heterocycles. The summed E-state index contributed by atoms with van der Waals surface area (Å²) >= 11 is 0. The van der Waals surface area contributed by atoms with E-state index in [-0.39, 0.29) is 12.1 Å². The second-order valence-corrected chi connectivity index (χ2v) is 9.47. The van der Waals surface area contributed by atoms with Crippen LogP contribution < -0.4 is 9.64 Å². The summed E-state index contributed by atoms with van der Waals surface area (Å²) in [5.74, 6) is -1.90. The molecule has 2 aromatic rings. The quantitative estimate of drug-likeness (QED) is 0.157. The number of hydrogen-bond donors (Lipinski definition) is 1. The standard InChI is InChI=1S/C30H34N2O6/c1-5-7-15-31-23-12-9-8-11-22(23)30(29(31)36)25(27(34)28(35)32(30)16-10-18-37-4)26(33)21-13-14-24(20(3)19-21)38-17-6-2/h6,8-9,11-14,19,33H,2,5,7,10,15-18H2,1,3-4H3/t30-/m0/s1. The Hall–Kier alpha value is -3.91. The first kappa shape index (κ1) is 27.1. The van der Waals surface area contributed by atoms with Gasteiger partial charge in [-0.2, -0.15) is 0 Å². The van der Waals surface area contributed by atoms with Crippen molar-refractivity contribution in [2.45, 2.75) is 38.6 Å². The van der Waals surface area contributed by atoms with Gasteiger partial charge in [-0.3, -0.25) is 14.4 Å². The Morgan fingerprint density at radius 3 is 2.55 bits per heavy atom. The molecule has 2 amide bonds. The molecule has 0 saturated carbocycles. The molecule has 8 nitrogen and oxygen atoms in total. The van der Waals surface area contributed by atoms with Crippen molar-refractivity contribution in [2.24, 2.45) is 0 Å². The minimum absolute atomic E-state index is 0.115. The summed E-state index contributed by atoms with van der Waals surface area (Å²) in [7, 11) is 1.55. The van der Waals surface area contributed by atoms with E-state index < -0.39 is 28.9 Å². The first-order valence-corrected chi connectivity index (χ1v) is 12.9. The molecular formula is C30H34N2O6. The van der Waals surface area contributed by atoms with Gasteiger partial charge in [-0.15, -0.1) is 0 Å². The number of carbonyl (C=O) groups is 3. The van der Waals surface area contributed by atoms with Gasteiger partial charge < -0.3 is 24.4 Å². The molecule has 4 rings (SSSR count). The Morgan fingerprint density at radius 1 is 1.11 bits per heavy atom. The second-order valence-electron chi connectivity index (χ2n) is 9.47. The van der Waals surface area contributed by atoms with Crippen molar-refractivity contribution >= 4 is 29.0 Å². The number of ketones is 1. The zero-order chi connectivity index (χ0) is 27.4. The molecule has 1 spiro atoms. The summed E-state index contributed by atoms with van der Waals surface area (Å²) in [4.78, 5) is 44.5. The molecular weight excluding hydrogens is 484 g/mol. The summed E-state index contributed by atoms with van der Waals surface area (Å²) in [6, 6.07) is 12.2. The van der Waals surface area contributed by atoms with Crippen LogP contribution in [0, 0.1) is 6.92 Å². The molecule has 0 radical (unpaired) electrons. The number of aliphatic hydroxyl groups is 1. The van der Waals surface area contributed by atoms with Gasteiger partial charge in [-0.25, -0.2) is 0 Å². The number of anilines is 1. The highest BCUT2D eigenvalue weighted by molar-refractivity contribution is 6.50. The van der Waals surface area contributed by atoms with Crippen LogP contribution in [0.3, 0.4) is 0 Å². The fraction of sp³-hybridized carbons (Fsp3) is 0.367. The van der Waals surface area contributed by atoms with Crippen LogP contribution in [0.4, 0.5) is 5.69 Å².